The largest absolute Gasteiger partial charge is 0.385 e. The Kier molecular flexibility index (Phi) is 1.45. The molecule has 2 rings (SSSR count). The summed E-state index contributed by atoms with van der Waals surface area (Å²) in [4.78, 5) is 25.2. The summed E-state index contributed by atoms with van der Waals surface area (Å²) in [5.41, 5.74) is 5.02. The molecular formula is C8H7N3O2. The molecule has 5 heteroatoms. The molecule has 2 heterocycles. The van der Waals surface area contributed by atoms with Crippen LogP contribution in [0.4, 0.5) is 5.82 Å². The third kappa shape index (κ3) is 1.10. The van der Waals surface area contributed by atoms with E-state index >= 15 is 0 Å². The zero-order chi connectivity index (χ0) is 9.42. The van der Waals surface area contributed by atoms with Crippen molar-refractivity contribution in [1.29, 1.82) is 0 Å². The lowest BCUT2D eigenvalue weighted by atomic mass is 10.4. The highest BCUT2D eigenvalue weighted by molar-refractivity contribution is 5.43. The molecule has 0 bridgehead atoms. The predicted molar refractivity (Wildman–Crippen MR) is 48.7 cm³/mol. The molecule has 3 N–H and O–H groups in total. The molecule has 0 amide bonds. The van der Waals surface area contributed by atoms with Gasteiger partial charge in [-0.15, -0.1) is 0 Å². The number of anilines is 1. The van der Waals surface area contributed by atoms with Gasteiger partial charge in [0.1, 0.15) is 11.5 Å². The van der Waals surface area contributed by atoms with Crippen molar-refractivity contribution in [2.45, 2.75) is 0 Å². The number of nitrogen functional groups attached to an aromatic ring is 1. The number of nitrogens with zero attached hydrogens (tertiary/aromatic N) is 1. The van der Waals surface area contributed by atoms with Crippen LogP contribution in [0.2, 0.25) is 0 Å². The maximum atomic E-state index is 11.3. The van der Waals surface area contributed by atoms with Crippen molar-refractivity contribution in [3.05, 3.63) is 45.0 Å². The van der Waals surface area contributed by atoms with E-state index in [0.717, 1.165) is 4.40 Å². The molecule has 0 fully saturated rings. The predicted octanol–water partition coefficient (Wildman–Crippen LogP) is -0.430. The molecule has 2 aromatic rings. The number of aromatic nitrogens is 2. The van der Waals surface area contributed by atoms with E-state index in [-0.39, 0.29) is 11.4 Å². The number of nitrogens with two attached hydrogens (primary N) is 1. The van der Waals surface area contributed by atoms with E-state index in [1.165, 1.54) is 12.1 Å². The minimum atomic E-state index is -0.420. The maximum Gasteiger partial charge on any atom is 0.262 e. The maximum absolute atomic E-state index is 11.3. The lowest BCUT2D eigenvalue weighted by molar-refractivity contribution is 1.00. The number of nitrogens with one attached hydrogen (secondary N) is 1. The van der Waals surface area contributed by atoms with Gasteiger partial charge in [0.15, 0.2) is 0 Å². The molecule has 0 saturated heterocycles. The smallest absolute Gasteiger partial charge is 0.262 e. The SMILES string of the molecule is Nc1cc(=O)n2c(=O)cccc2[nH]1. The first-order chi connectivity index (χ1) is 6.18. The van der Waals surface area contributed by atoms with Crippen LogP contribution in [0.25, 0.3) is 5.65 Å². The Morgan fingerprint density at radius 1 is 1.23 bits per heavy atom. The van der Waals surface area contributed by atoms with Gasteiger partial charge in [-0.1, -0.05) is 6.07 Å². The summed E-state index contributed by atoms with van der Waals surface area (Å²) >= 11 is 0. The van der Waals surface area contributed by atoms with Gasteiger partial charge in [-0.05, 0) is 6.07 Å². The normalized spacial score (nSPS) is 10.5. The Balaban J connectivity index is 3.12. The number of hydrogen-bond donors (Lipinski definition) is 2. The Morgan fingerprint density at radius 2 is 2.00 bits per heavy atom. The quantitative estimate of drug-likeness (QED) is 0.573. The van der Waals surface area contributed by atoms with Crippen LogP contribution in [-0.4, -0.2) is 9.38 Å². The van der Waals surface area contributed by atoms with Gasteiger partial charge in [-0.3, -0.25) is 9.59 Å². The molecule has 0 aliphatic rings. The fourth-order valence-corrected chi connectivity index (χ4v) is 1.20. The second-order valence-electron chi connectivity index (χ2n) is 2.65. The highest BCUT2D eigenvalue weighted by Gasteiger charge is 1.99. The number of aromatic amines is 1. The summed E-state index contributed by atoms with van der Waals surface area (Å²) in [6.45, 7) is 0. The second-order valence-corrected chi connectivity index (χ2v) is 2.65. The van der Waals surface area contributed by atoms with Crippen LogP contribution in [-0.2, 0) is 0 Å². The van der Waals surface area contributed by atoms with Crippen molar-refractivity contribution in [3.63, 3.8) is 0 Å². The van der Waals surface area contributed by atoms with E-state index in [9.17, 15) is 9.59 Å². The fraction of sp³-hybridized carbons (Fsp3) is 0. The highest BCUT2D eigenvalue weighted by Crippen LogP contribution is 1.95. The van der Waals surface area contributed by atoms with Crippen LogP contribution in [0.1, 0.15) is 0 Å². The van der Waals surface area contributed by atoms with Crippen molar-refractivity contribution in [3.8, 4) is 0 Å². The first kappa shape index (κ1) is 7.60. The van der Waals surface area contributed by atoms with E-state index in [1.807, 2.05) is 0 Å². The number of rotatable bonds is 0. The zero-order valence-electron chi connectivity index (χ0n) is 6.65. The Hall–Kier alpha value is -2.04. The molecule has 0 aliphatic carbocycles. The van der Waals surface area contributed by atoms with Crippen LogP contribution in [0.15, 0.2) is 33.9 Å². The molecule has 0 unspecified atom stereocenters. The number of fused-ring (bicyclic) bond motifs is 1. The molecule has 0 aliphatic heterocycles. The van der Waals surface area contributed by atoms with Gasteiger partial charge in [0.2, 0.25) is 0 Å². The Bertz CT molecular complexity index is 567. The monoisotopic (exact) mass is 177 g/mol. The minimum Gasteiger partial charge on any atom is -0.385 e. The summed E-state index contributed by atoms with van der Waals surface area (Å²) in [5, 5.41) is 0. The molecule has 0 saturated carbocycles. The highest BCUT2D eigenvalue weighted by atomic mass is 16.2. The van der Waals surface area contributed by atoms with Gasteiger partial charge in [-0.2, -0.15) is 0 Å². The molecule has 0 spiro atoms. The fourth-order valence-electron chi connectivity index (χ4n) is 1.20. The van der Waals surface area contributed by atoms with E-state index in [4.69, 9.17) is 5.73 Å². The number of pyridine rings is 1. The zero-order valence-corrected chi connectivity index (χ0v) is 6.65. The molecule has 0 atom stereocenters. The average molecular weight is 177 g/mol. The Morgan fingerprint density at radius 3 is 2.77 bits per heavy atom. The van der Waals surface area contributed by atoms with Gasteiger partial charge in [0.25, 0.3) is 11.1 Å². The molecule has 0 aromatic carbocycles. The van der Waals surface area contributed by atoms with E-state index in [0.29, 0.717) is 5.65 Å². The lowest BCUT2D eigenvalue weighted by Gasteiger charge is -1.99. The summed E-state index contributed by atoms with van der Waals surface area (Å²) in [7, 11) is 0. The second kappa shape index (κ2) is 2.48. The first-order valence-corrected chi connectivity index (χ1v) is 3.69. The van der Waals surface area contributed by atoms with Gasteiger partial charge in [-0.25, -0.2) is 4.40 Å². The third-order valence-electron chi connectivity index (χ3n) is 1.73. The summed E-state index contributed by atoms with van der Waals surface area (Å²) in [6, 6.07) is 5.67. The topological polar surface area (TPSA) is 80.4 Å². The van der Waals surface area contributed by atoms with Gasteiger partial charge < -0.3 is 10.7 Å². The van der Waals surface area contributed by atoms with E-state index < -0.39 is 5.56 Å². The minimum absolute atomic E-state index is 0.246. The van der Waals surface area contributed by atoms with Crippen molar-refractivity contribution in [2.24, 2.45) is 0 Å². The van der Waals surface area contributed by atoms with Crippen LogP contribution >= 0.6 is 0 Å². The Labute approximate surface area is 72.4 Å². The van der Waals surface area contributed by atoms with Crippen molar-refractivity contribution in [1.82, 2.24) is 9.38 Å². The summed E-state index contributed by atoms with van der Waals surface area (Å²) in [5.74, 6) is 0.246. The number of H-pyrrole nitrogens is 1. The lowest BCUT2D eigenvalue weighted by Crippen LogP contribution is -2.26. The van der Waals surface area contributed by atoms with Crippen molar-refractivity contribution < 1.29 is 0 Å². The molecular weight excluding hydrogens is 170 g/mol. The van der Waals surface area contributed by atoms with Gasteiger partial charge in [0.05, 0.1) is 0 Å². The summed E-state index contributed by atoms with van der Waals surface area (Å²) in [6.07, 6.45) is 0. The average Bonchev–Trinajstić information content (AvgIpc) is 2.02. The third-order valence-corrected chi connectivity index (χ3v) is 1.73. The summed E-state index contributed by atoms with van der Waals surface area (Å²) < 4.78 is 1.02. The molecule has 5 nitrogen and oxygen atoms in total. The van der Waals surface area contributed by atoms with Crippen LogP contribution in [0.5, 0.6) is 0 Å². The van der Waals surface area contributed by atoms with Crippen LogP contribution in [0, 0.1) is 0 Å². The molecule has 66 valence electrons. The molecule has 2 aromatic heterocycles. The standard InChI is InChI=1S/C8H7N3O2/c9-5-4-8(13)11-6(10-5)2-1-3-7(11)12/h1-4,10H,9H2. The van der Waals surface area contributed by atoms with Crippen LogP contribution in [0.3, 0.4) is 0 Å². The van der Waals surface area contributed by atoms with Gasteiger partial charge in [0, 0.05) is 12.1 Å². The molecule has 0 radical (unpaired) electrons. The number of hydrogen-bond acceptors (Lipinski definition) is 3. The van der Waals surface area contributed by atoms with Gasteiger partial charge >= 0.3 is 0 Å². The van der Waals surface area contributed by atoms with Crippen molar-refractivity contribution >= 4 is 11.5 Å². The van der Waals surface area contributed by atoms with Crippen LogP contribution < -0.4 is 16.9 Å². The van der Waals surface area contributed by atoms with Crippen molar-refractivity contribution in [2.75, 3.05) is 5.73 Å². The first-order valence-electron chi connectivity index (χ1n) is 3.69. The van der Waals surface area contributed by atoms with E-state index in [2.05, 4.69) is 4.98 Å². The molecule has 13 heavy (non-hydrogen) atoms. The van der Waals surface area contributed by atoms with E-state index in [1.54, 1.807) is 12.1 Å².